The number of thiophene rings is 1. The Morgan fingerprint density at radius 3 is 1.92 bits per heavy atom. The zero-order valence-electron chi connectivity index (χ0n) is 28.0. The van der Waals surface area contributed by atoms with Gasteiger partial charge in [0, 0.05) is 48.5 Å². The van der Waals surface area contributed by atoms with Crippen LogP contribution in [-0.2, 0) is 5.41 Å². The molecule has 0 aliphatic heterocycles. The van der Waals surface area contributed by atoms with Gasteiger partial charge in [-0.2, -0.15) is 0 Å². The monoisotopic (exact) mass is 658 g/mol. The summed E-state index contributed by atoms with van der Waals surface area (Å²) in [4.78, 5) is 3.80. The highest BCUT2D eigenvalue weighted by molar-refractivity contribution is 7.22. The van der Waals surface area contributed by atoms with Crippen LogP contribution >= 0.6 is 11.3 Å². The van der Waals surface area contributed by atoms with Crippen LogP contribution in [0.3, 0.4) is 0 Å². The lowest BCUT2D eigenvalue weighted by Gasteiger charge is -2.28. The first-order valence-electron chi connectivity index (χ1n) is 17.3. The van der Waals surface area contributed by atoms with Crippen molar-refractivity contribution in [1.82, 2.24) is 4.57 Å². The summed E-state index contributed by atoms with van der Waals surface area (Å²) >= 11 is 1.92. The van der Waals surface area contributed by atoms with Crippen LogP contribution in [0.1, 0.15) is 25.0 Å². The van der Waals surface area contributed by atoms with E-state index in [2.05, 4.69) is 193 Å². The Bertz CT molecular complexity index is 2720. The van der Waals surface area contributed by atoms with Gasteiger partial charge in [0.15, 0.2) is 0 Å². The number of benzene rings is 7. The van der Waals surface area contributed by atoms with Crippen molar-refractivity contribution in [3.05, 3.63) is 181 Å². The number of para-hydroxylation sites is 3. The molecule has 2 nitrogen and oxygen atoms in total. The SMILES string of the molecule is CC1(C)c2cc(N(c3ccccc3)c3ccc(-c4ccc5c(c4)c4ccccc4n5-c4ccccc4)cc3)ccc2-c2sc3ccccc3c21. The van der Waals surface area contributed by atoms with Crippen LogP contribution in [-0.4, -0.2) is 4.57 Å². The fourth-order valence-electron chi connectivity index (χ4n) is 8.21. The predicted octanol–water partition coefficient (Wildman–Crippen LogP) is 13.4. The van der Waals surface area contributed by atoms with Crippen molar-refractivity contribution < 1.29 is 0 Å². The first kappa shape index (κ1) is 29.1. The summed E-state index contributed by atoms with van der Waals surface area (Å²) in [5.74, 6) is 0. The Balaban J connectivity index is 1.06. The maximum atomic E-state index is 2.42. The molecular weight excluding hydrogens is 625 g/mol. The van der Waals surface area contributed by atoms with Gasteiger partial charge in [0.2, 0.25) is 0 Å². The zero-order valence-corrected chi connectivity index (χ0v) is 28.8. The van der Waals surface area contributed by atoms with Crippen molar-refractivity contribution in [2.24, 2.45) is 0 Å². The molecule has 2 heterocycles. The topological polar surface area (TPSA) is 8.17 Å². The molecule has 2 aromatic heterocycles. The van der Waals surface area contributed by atoms with E-state index in [0.717, 1.165) is 11.4 Å². The number of hydrogen-bond acceptors (Lipinski definition) is 2. The van der Waals surface area contributed by atoms with Gasteiger partial charge in [-0.25, -0.2) is 0 Å². The molecule has 0 amide bonds. The van der Waals surface area contributed by atoms with Gasteiger partial charge in [-0.15, -0.1) is 11.3 Å². The summed E-state index contributed by atoms with van der Waals surface area (Å²) in [6.45, 7) is 4.77. The largest absolute Gasteiger partial charge is 0.310 e. The molecule has 0 saturated heterocycles. The standard InChI is InChI=1S/C47H34N2S/c1-47(2)41-30-36(26-27-38(41)46-45(47)39-18-10-12-20-44(39)50-46)48(33-13-5-3-6-14-33)35-24-21-31(22-25-35)32-23-28-43-40(29-32)37-17-9-11-19-42(37)49(43)34-15-7-4-8-16-34/h3-30H,1-2H3. The summed E-state index contributed by atoms with van der Waals surface area (Å²) in [5.41, 5.74) is 13.6. The highest BCUT2D eigenvalue weighted by atomic mass is 32.1. The Morgan fingerprint density at radius 1 is 0.500 bits per heavy atom. The summed E-state index contributed by atoms with van der Waals surface area (Å²) < 4.78 is 3.74. The molecule has 0 atom stereocenters. The molecule has 7 aromatic carbocycles. The molecule has 0 N–H and O–H groups in total. The maximum absolute atomic E-state index is 2.42. The Hall–Kier alpha value is -5.90. The van der Waals surface area contributed by atoms with Gasteiger partial charge in [-0.1, -0.05) is 111 Å². The lowest BCUT2D eigenvalue weighted by atomic mass is 9.81. The van der Waals surface area contributed by atoms with Crippen LogP contribution in [0.4, 0.5) is 17.1 Å². The molecule has 238 valence electrons. The summed E-state index contributed by atoms with van der Waals surface area (Å²) in [6.07, 6.45) is 0. The summed E-state index contributed by atoms with van der Waals surface area (Å²) in [5, 5.41) is 3.91. The van der Waals surface area contributed by atoms with E-state index in [4.69, 9.17) is 0 Å². The van der Waals surface area contributed by atoms with Gasteiger partial charge < -0.3 is 9.47 Å². The minimum atomic E-state index is -0.0885. The van der Waals surface area contributed by atoms with Gasteiger partial charge in [-0.3, -0.25) is 0 Å². The normalized spacial score (nSPS) is 13.2. The van der Waals surface area contributed by atoms with Crippen molar-refractivity contribution in [3.63, 3.8) is 0 Å². The van der Waals surface area contributed by atoms with Crippen molar-refractivity contribution >= 4 is 60.3 Å². The molecule has 50 heavy (non-hydrogen) atoms. The van der Waals surface area contributed by atoms with Crippen LogP contribution < -0.4 is 4.90 Å². The van der Waals surface area contributed by atoms with E-state index in [1.807, 2.05) is 11.3 Å². The molecule has 0 fully saturated rings. The number of anilines is 3. The van der Waals surface area contributed by atoms with Gasteiger partial charge in [0.1, 0.15) is 0 Å². The van der Waals surface area contributed by atoms with Crippen LogP contribution in [0.15, 0.2) is 170 Å². The van der Waals surface area contributed by atoms with Crippen LogP contribution in [0, 0.1) is 0 Å². The number of rotatable bonds is 5. The molecule has 0 spiro atoms. The van der Waals surface area contributed by atoms with Crippen LogP contribution in [0.5, 0.6) is 0 Å². The molecule has 1 aliphatic carbocycles. The van der Waals surface area contributed by atoms with Crippen molar-refractivity contribution in [2.75, 3.05) is 4.90 Å². The van der Waals surface area contributed by atoms with E-state index in [9.17, 15) is 0 Å². The molecule has 0 saturated carbocycles. The molecule has 10 rings (SSSR count). The number of aromatic nitrogens is 1. The van der Waals surface area contributed by atoms with E-state index in [-0.39, 0.29) is 5.41 Å². The second-order valence-corrected chi connectivity index (χ2v) is 14.8. The van der Waals surface area contributed by atoms with Crippen molar-refractivity contribution in [2.45, 2.75) is 19.3 Å². The Morgan fingerprint density at radius 2 is 1.12 bits per heavy atom. The Labute approximate surface area is 296 Å². The van der Waals surface area contributed by atoms with Gasteiger partial charge in [0.05, 0.1) is 11.0 Å². The Kier molecular flexibility index (Phi) is 6.43. The average Bonchev–Trinajstić information content (AvgIpc) is 3.79. The molecule has 3 heteroatoms. The minimum absolute atomic E-state index is 0.0885. The predicted molar refractivity (Wildman–Crippen MR) is 214 cm³/mol. The summed E-state index contributed by atoms with van der Waals surface area (Å²) in [7, 11) is 0. The lowest BCUT2D eigenvalue weighted by molar-refractivity contribution is 0.667. The quantitative estimate of drug-likeness (QED) is 0.179. The number of hydrogen-bond donors (Lipinski definition) is 0. The van der Waals surface area contributed by atoms with E-state index in [1.165, 1.54) is 76.0 Å². The third-order valence-corrected chi connectivity index (χ3v) is 11.8. The fraction of sp³-hybridized carbons (Fsp3) is 0.0638. The van der Waals surface area contributed by atoms with E-state index >= 15 is 0 Å². The van der Waals surface area contributed by atoms with Crippen LogP contribution in [0.2, 0.25) is 0 Å². The molecular formula is C47H34N2S. The van der Waals surface area contributed by atoms with Crippen molar-refractivity contribution in [1.29, 1.82) is 0 Å². The fourth-order valence-corrected chi connectivity index (χ4v) is 9.61. The van der Waals surface area contributed by atoms with Crippen LogP contribution in [0.25, 0.3) is 59.1 Å². The lowest BCUT2D eigenvalue weighted by Crippen LogP contribution is -2.16. The molecule has 9 aromatic rings. The van der Waals surface area contributed by atoms with Gasteiger partial charge in [0.25, 0.3) is 0 Å². The third kappa shape index (κ3) is 4.33. The van der Waals surface area contributed by atoms with Gasteiger partial charge in [-0.05, 0) is 106 Å². The zero-order chi connectivity index (χ0) is 33.4. The van der Waals surface area contributed by atoms with Crippen molar-refractivity contribution in [3.8, 4) is 27.3 Å². The molecule has 1 aliphatic rings. The minimum Gasteiger partial charge on any atom is -0.310 e. The highest BCUT2D eigenvalue weighted by Crippen LogP contribution is 2.56. The second kappa shape index (κ2) is 11.1. The van der Waals surface area contributed by atoms with Gasteiger partial charge >= 0.3 is 0 Å². The molecule has 0 radical (unpaired) electrons. The highest BCUT2D eigenvalue weighted by Gasteiger charge is 2.39. The number of nitrogens with zero attached hydrogens (tertiary/aromatic N) is 2. The van der Waals surface area contributed by atoms with E-state index < -0.39 is 0 Å². The third-order valence-electron chi connectivity index (χ3n) is 10.6. The first-order chi connectivity index (χ1) is 24.6. The van der Waals surface area contributed by atoms with E-state index in [0.29, 0.717) is 0 Å². The maximum Gasteiger partial charge on any atom is 0.0541 e. The second-order valence-electron chi connectivity index (χ2n) is 13.8. The number of fused-ring (bicyclic) bond motifs is 8. The smallest absolute Gasteiger partial charge is 0.0541 e. The molecule has 0 unspecified atom stereocenters. The molecule has 0 bridgehead atoms. The first-order valence-corrected chi connectivity index (χ1v) is 18.1. The summed E-state index contributed by atoms with van der Waals surface area (Å²) in [6, 6.07) is 62.0. The van der Waals surface area contributed by atoms with E-state index in [1.54, 1.807) is 0 Å². The average molecular weight is 659 g/mol.